The Morgan fingerprint density at radius 2 is 1.79 bits per heavy atom. The maximum Gasteiger partial charge on any atom is 0.101 e. The number of benzene rings is 2. The van der Waals surface area contributed by atoms with Crippen molar-refractivity contribution in [2.75, 3.05) is 29.4 Å². The molecule has 2 saturated heterocycles. The van der Waals surface area contributed by atoms with E-state index in [-0.39, 0.29) is 0 Å². The van der Waals surface area contributed by atoms with Crippen molar-refractivity contribution in [1.29, 1.82) is 5.26 Å². The van der Waals surface area contributed by atoms with Gasteiger partial charge in [-0.25, -0.2) is 0 Å². The quantitative estimate of drug-likeness (QED) is 0.671. The Hall–Kier alpha value is -2.62. The summed E-state index contributed by atoms with van der Waals surface area (Å²) in [6, 6.07) is 16.7. The molecule has 0 N–H and O–H groups in total. The van der Waals surface area contributed by atoms with Crippen LogP contribution in [0, 0.1) is 29.1 Å². The van der Waals surface area contributed by atoms with Crippen molar-refractivity contribution in [3.05, 3.63) is 58.6 Å². The van der Waals surface area contributed by atoms with E-state index in [1.165, 1.54) is 24.9 Å². The fraction of sp³-hybridized carbons (Fsp3) is 0.375. The van der Waals surface area contributed by atoms with Crippen LogP contribution in [0.5, 0.6) is 0 Å². The van der Waals surface area contributed by atoms with Gasteiger partial charge in [-0.15, -0.1) is 6.42 Å². The molecule has 0 radical (unpaired) electrons. The SMILES string of the molecule is C#Cc1ccc(N2CCC3(CC2)C[C@H](C)N(c2ccc(C#N)c(Cl)c2)C3)cc1. The third kappa shape index (κ3) is 3.44. The number of hydrogen-bond donors (Lipinski definition) is 0. The lowest BCUT2D eigenvalue weighted by Gasteiger charge is -2.40. The number of hydrogen-bond acceptors (Lipinski definition) is 3. The molecule has 0 bridgehead atoms. The van der Waals surface area contributed by atoms with Crippen LogP contribution < -0.4 is 9.80 Å². The first-order chi connectivity index (χ1) is 13.5. The molecule has 142 valence electrons. The smallest absolute Gasteiger partial charge is 0.101 e. The Kier molecular flexibility index (Phi) is 4.96. The molecule has 4 rings (SSSR count). The van der Waals surface area contributed by atoms with E-state index in [0.717, 1.165) is 30.9 Å². The minimum atomic E-state index is 0.356. The van der Waals surface area contributed by atoms with Gasteiger partial charge in [0, 0.05) is 42.6 Å². The van der Waals surface area contributed by atoms with Gasteiger partial charge in [0.05, 0.1) is 10.6 Å². The zero-order valence-corrected chi connectivity index (χ0v) is 16.9. The van der Waals surface area contributed by atoms with Gasteiger partial charge in [0.1, 0.15) is 6.07 Å². The molecule has 1 atom stereocenters. The van der Waals surface area contributed by atoms with Crippen molar-refractivity contribution in [3.63, 3.8) is 0 Å². The average Bonchev–Trinajstić information content (AvgIpc) is 3.04. The minimum Gasteiger partial charge on any atom is -0.371 e. The number of terminal acetylenes is 1. The molecule has 2 fully saturated rings. The molecule has 2 aliphatic heterocycles. The summed E-state index contributed by atoms with van der Waals surface area (Å²) < 4.78 is 0. The molecule has 0 aromatic heterocycles. The van der Waals surface area contributed by atoms with E-state index in [2.05, 4.69) is 40.8 Å². The maximum atomic E-state index is 9.11. The second-order valence-corrected chi connectivity index (χ2v) is 8.54. The van der Waals surface area contributed by atoms with Crippen LogP contribution in [0.4, 0.5) is 11.4 Å². The number of halogens is 1. The van der Waals surface area contributed by atoms with Crippen LogP contribution in [0.1, 0.15) is 37.3 Å². The van der Waals surface area contributed by atoms with E-state index in [9.17, 15) is 0 Å². The number of nitrogens with zero attached hydrogens (tertiary/aromatic N) is 3. The monoisotopic (exact) mass is 389 g/mol. The molecule has 2 heterocycles. The lowest BCUT2D eigenvalue weighted by molar-refractivity contribution is 0.245. The zero-order chi connectivity index (χ0) is 19.7. The van der Waals surface area contributed by atoms with Gasteiger partial charge in [-0.1, -0.05) is 17.5 Å². The molecule has 2 aliphatic rings. The van der Waals surface area contributed by atoms with Gasteiger partial charge in [-0.05, 0) is 74.1 Å². The van der Waals surface area contributed by atoms with Gasteiger partial charge in [0.15, 0.2) is 0 Å². The fourth-order valence-electron chi connectivity index (χ4n) is 4.81. The largest absolute Gasteiger partial charge is 0.371 e. The maximum absolute atomic E-state index is 9.11. The van der Waals surface area contributed by atoms with E-state index in [4.69, 9.17) is 23.3 Å². The lowest BCUT2D eigenvalue weighted by atomic mass is 9.76. The predicted octanol–water partition coefficient (Wildman–Crippen LogP) is 5.08. The van der Waals surface area contributed by atoms with Gasteiger partial charge >= 0.3 is 0 Å². The Morgan fingerprint density at radius 1 is 1.11 bits per heavy atom. The van der Waals surface area contributed by atoms with Gasteiger partial charge in [0.25, 0.3) is 0 Å². The topological polar surface area (TPSA) is 30.3 Å². The molecule has 3 nitrogen and oxygen atoms in total. The molecular formula is C24H24ClN3. The normalized spacial score (nSPS) is 20.8. The minimum absolute atomic E-state index is 0.356. The van der Waals surface area contributed by atoms with Crippen LogP contribution in [0.3, 0.4) is 0 Å². The summed E-state index contributed by atoms with van der Waals surface area (Å²) in [7, 11) is 0. The summed E-state index contributed by atoms with van der Waals surface area (Å²) in [6.45, 7) is 5.50. The first kappa shape index (κ1) is 18.7. The van der Waals surface area contributed by atoms with Crippen molar-refractivity contribution in [3.8, 4) is 18.4 Å². The van der Waals surface area contributed by atoms with Crippen molar-refractivity contribution < 1.29 is 0 Å². The van der Waals surface area contributed by atoms with E-state index in [1.807, 2.05) is 30.3 Å². The highest BCUT2D eigenvalue weighted by Gasteiger charge is 2.44. The Balaban J connectivity index is 1.45. The Labute approximate surface area is 172 Å². The Bertz CT molecular complexity index is 943. The molecule has 0 amide bonds. The third-order valence-corrected chi connectivity index (χ3v) is 6.71. The van der Waals surface area contributed by atoms with Gasteiger partial charge in [-0.3, -0.25) is 0 Å². The Morgan fingerprint density at radius 3 is 2.39 bits per heavy atom. The van der Waals surface area contributed by atoms with Crippen LogP contribution in [0.15, 0.2) is 42.5 Å². The molecule has 0 unspecified atom stereocenters. The second-order valence-electron chi connectivity index (χ2n) is 8.14. The number of rotatable bonds is 2. The highest BCUT2D eigenvalue weighted by atomic mass is 35.5. The lowest BCUT2D eigenvalue weighted by Crippen LogP contribution is -2.41. The zero-order valence-electron chi connectivity index (χ0n) is 16.2. The first-order valence-electron chi connectivity index (χ1n) is 9.81. The average molecular weight is 390 g/mol. The highest BCUT2D eigenvalue weighted by molar-refractivity contribution is 6.32. The molecule has 0 aliphatic carbocycles. The number of anilines is 2. The van der Waals surface area contributed by atoms with Crippen LogP contribution in [0.25, 0.3) is 0 Å². The van der Waals surface area contributed by atoms with Crippen molar-refractivity contribution in [1.82, 2.24) is 0 Å². The van der Waals surface area contributed by atoms with Gasteiger partial charge in [-0.2, -0.15) is 5.26 Å². The molecule has 2 aromatic carbocycles. The summed E-state index contributed by atoms with van der Waals surface area (Å²) >= 11 is 6.27. The summed E-state index contributed by atoms with van der Waals surface area (Å²) in [6.07, 6.45) is 9.05. The fourth-order valence-corrected chi connectivity index (χ4v) is 5.02. The van der Waals surface area contributed by atoms with Crippen LogP contribution in [0.2, 0.25) is 5.02 Å². The standard InChI is InChI=1S/C24H24ClN3/c1-3-19-4-7-21(8-5-19)27-12-10-24(11-13-27)15-18(2)28(17-24)22-9-6-20(16-26)23(25)14-22/h1,4-9,14,18H,10-13,15,17H2,2H3/t18-/m0/s1. The van der Waals surface area contributed by atoms with E-state index < -0.39 is 0 Å². The molecule has 1 spiro atoms. The number of piperidine rings is 1. The highest BCUT2D eigenvalue weighted by Crippen LogP contribution is 2.45. The summed E-state index contributed by atoms with van der Waals surface area (Å²) in [5.41, 5.74) is 4.21. The van der Waals surface area contributed by atoms with Crippen LogP contribution >= 0.6 is 11.6 Å². The van der Waals surface area contributed by atoms with Crippen molar-refractivity contribution >= 4 is 23.0 Å². The van der Waals surface area contributed by atoms with E-state index in [1.54, 1.807) is 0 Å². The number of nitriles is 1. The molecule has 2 aromatic rings. The van der Waals surface area contributed by atoms with Gasteiger partial charge < -0.3 is 9.80 Å². The summed E-state index contributed by atoms with van der Waals surface area (Å²) in [4.78, 5) is 4.93. The summed E-state index contributed by atoms with van der Waals surface area (Å²) in [5.74, 6) is 2.68. The summed E-state index contributed by atoms with van der Waals surface area (Å²) in [5, 5.41) is 9.65. The van der Waals surface area contributed by atoms with Crippen LogP contribution in [-0.4, -0.2) is 25.7 Å². The third-order valence-electron chi connectivity index (χ3n) is 6.39. The van der Waals surface area contributed by atoms with Crippen molar-refractivity contribution in [2.24, 2.45) is 5.41 Å². The first-order valence-corrected chi connectivity index (χ1v) is 10.2. The van der Waals surface area contributed by atoms with Crippen molar-refractivity contribution in [2.45, 2.75) is 32.2 Å². The van der Waals surface area contributed by atoms with E-state index >= 15 is 0 Å². The van der Waals surface area contributed by atoms with Gasteiger partial charge in [0.2, 0.25) is 0 Å². The van der Waals surface area contributed by atoms with Crippen LogP contribution in [-0.2, 0) is 0 Å². The molecule has 28 heavy (non-hydrogen) atoms. The second kappa shape index (κ2) is 7.42. The predicted molar refractivity (Wildman–Crippen MR) is 116 cm³/mol. The van der Waals surface area contributed by atoms with E-state index in [0.29, 0.717) is 22.0 Å². The molecule has 4 heteroatoms. The molecular weight excluding hydrogens is 366 g/mol. The molecule has 0 saturated carbocycles.